The van der Waals surface area contributed by atoms with Crippen LogP contribution in [0.15, 0.2) is 24.3 Å². The highest BCUT2D eigenvalue weighted by atomic mass is 32.2. The van der Waals surface area contributed by atoms with Gasteiger partial charge in [-0.1, -0.05) is 6.07 Å². The minimum atomic E-state index is -4.14. The Hall–Kier alpha value is -2.20. The molecule has 9 nitrogen and oxygen atoms in total. The minimum Gasteiger partial charge on any atom is -0.464 e. The number of nitrogens with zero attached hydrogens (tertiary/aromatic N) is 2. The minimum absolute atomic E-state index is 0.0221. The van der Waals surface area contributed by atoms with Crippen LogP contribution < -0.4 is 9.44 Å². The second kappa shape index (κ2) is 6.30. The van der Waals surface area contributed by atoms with Crippen LogP contribution in [0.2, 0.25) is 0 Å². The van der Waals surface area contributed by atoms with Crippen molar-refractivity contribution in [1.29, 1.82) is 0 Å². The third-order valence-electron chi connectivity index (χ3n) is 2.24. The Morgan fingerprint density at radius 3 is 2.65 bits per heavy atom. The van der Waals surface area contributed by atoms with Gasteiger partial charge in [0, 0.05) is 19.1 Å². The maximum atomic E-state index is 11.5. The standard InChI is InChI=1S/C10H13N3O6S/c1-8(14)19-6-5-12(20(11,17)18)9-3-2-4-10(7-9)13(15)16/h2-4,7H,5-6H2,1H3,(H2,11,17,18). The van der Waals surface area contributed by atoms with Crippen LogP contribution in [0.1, 0.15) is 6.92 Å². The molecule has 0 aromatic heterocycles. The van der Waals surface area contributed by atoms with Crippen molar-refractivity contribution in [2.24, 2.45) is 5.14 Å². The Balaban J connectivity index is 3.02. The number of carbonyl (C=O) groups excluding carboxylic acids is 1. The smallest absolute Gasteiger partial charge is 0.302 e. The molecule has 2 N–H and O–H groups in total. The molecule has 0 amide bonds. The molecule has 0 unspecified atom stereocenters. The highest BCUT2D eigenvalue weighted by Crippen LogP contribution is 2.22. The number of ether oxygens (including phenoxy) is 1. The molecular formula is C10H13N3O6S. The van der Waals surface area contributed by atoms with Gasteiger partial charge in [-0.25, -0.2) is 5.14 Å². The molecule has 0 fully saturated rings. The first-order valence-electron chi connectivity index (χ1n) is 5.40. The van der Waals surface area contributed by atoms with E-state index in [9.17, 15) is 23.3 Å². The number of hydrogen-bond donors (Lipinski definition) is 1. The Labute approximate surface area is 115 Å². The Morgan fingerprint density at radius 2 is 2.15 bits per heavy atom. The van der Waals surface area contributed by atoms with Gasteiger partial charge in [-0.15, -0.1) is 0 Å². The zero-order valence-electron chi connectivity index (χ0n) is 10.6. The van der Waals surface area contributed by atoms with Crippen LogP contribution in [0.25, 0.3) is 0 Å². The van der Waals surface area contributed by atoms with Crippen LogP contribution in [0, 0.1) is 10.1 Å². The summed E-state index contributed by atoms with van der Waals surface area (Å²) < 4.78 is 28.3. The molecule has 110 valence electrons. The summed E-state index contributed by atoms with van der Waals surface area (Å²) in [6.07, 6.45) is 0. The molecule has 0 saturated heterocycles. The number of nitrogens with two attached hydrogens (primary N) is 1. The van der Waals surface area contributed by atoms with Crippen molar-refractivity contribution in [1.82, 2.24) is 0 Å². The van der Waals surface area contributed by atoms with Crippen LogP contribution in [0.4, 0.5) is 11.4 Å². The van der Waals surface area contributed by atoms with E-state index in [2.05, 4.69) is 4.74 Å². The van der Waals surface area contributed by atoms with E-state index in [4.69, 9.17) is 5.14 Å². The van der Waals surface area contributed by atoms with Gasteiger partial charge >= 0.3 is 5.97 Å². The molecule has 0 radical (unpaired) electrons. The molecule has 0 aliphatic rings. The van der Waals surface area contributed by atoms with Gasteiger partial charge in [0.05, 0.1) is 17.2 Å². The monoisotopic (exact) mass is 303 g/mol. The molecule has 1 aromatic carbocycles. The van der Waals surface area contributed by atoms with Crippen molar-refractivity contribution in [3.63, 3.8) is 0 Å². The lowest BCUT2D eigenvalue weighted by Gasteiger charge is -2.21. The van der Waals surface area contributed by atoms with E-state index in [0.717, 1.165) is 10.4 Å². The number of anilines is 1. The van der Waals surface area contributed by atoms with Crippen LogP contribution >= 0.6 is 0 Å². The first-order chi connectivity index (χ1) is 9.21. The van der Waals surface area contributed by atoms with Gasteiger partial charge in [0.15, 0.2) is 0 Å². The second-order valence-corrected chi connectivity index (χ2v) is 5.20. The Bertz CT molecular complexity index is 615. The summed E-state index contributed by atoms with van der Waals surface area (Å²) in [5.41, 5.74) is -0.252. The molecule has 0 heterocycles. The average molecular weight is 303 g/mol. The second-order valence-electron chi connectivity index (χ2n) is 3.73. The molecule has 1 rings (SSSR count). The summed E-state index contributed by atoms with van der Waals surface area (Å²) in [6, 6.07) is 4.97. The predicted molar refractivity (Wildman–Crippen MR) is 70.2 cm³/mol. The number of benzene rings is 1. The lowest BCUT2D eigenvalue weighted by molar-refractivity contribution is -0.384. The van der Waals surface area contributed by atoms with Gasteiger partial charge in [-0.3, -0.25) is 19.2 Å². The van der Waals surface area contributed by atoms with Crippen molar-refractivity contribution in [3.05, 3.63) is 34.4 Å². The van der Waals surface area contributed by atoms with Crippen LogP contribution in [0.5, 0.6) is 0 Å². The first-order valence-corrected chi connectivity index (χ1v) is 6.90. The lowest BCUT2D eigenvalue weighted by Crippen LogP contribution is -2.39. The zero-order valence-corrected chi connectivity index (χ0v) is 11.4. The molecular weight excluding hydrogens is 290 g/mol. The van der Waals surface area contributed by atoms with Crippen LogP contribution in [0.3, 0.4) is 0 Å². The Morgan fingerprint density at radius 1 is 1.50 bits per heavy atom. The van der Waals surface area contributed by atoms with Gasteiger partial charge in [0.1, 0.15) is 6.61 Å². The van der Waals surface area contributed by atoms with E-state index in [-0.39, 0.29) is 24.5 Å². The van der Waals surface area contributed by atoms with E-state index in [1.165, 1.54) is 25.1 Å². The van der Waals surface area contributed by atoms with E-state index >= 15 is 0 Å². The van der Waals surface area contributed by atoms with E-state index in [1.54, 1.807) is 0 Å². The molecule has 10 heteroatoms. The van der Waals surface area contributed by atoms with Crippen LogP contribution in [-0.4, -0.2) is 32.5 Å². The largest absolute Gasteiger partial charge is 0.464 e. The van der Waals surface area contributed by atoms with Crippen molar-refractivity contribution in [2.45, 2.75) is 6.92 Å². The lowest BCUT2D eigenvalue weighted by atomic mass is 10.3. The third-order valence-corrected chi connectivity index (χ3v) is 3.24. The van der Waals surface area contributed by atoms with Crippen LogP contribution in [-0.2, 0) is 19.7 Å². The molecule has 0 aliphatic carbocycles. The van der Waals surface area contributed by atoms with Gasteiger partial charge in [-0.05, 0) is 6.07 Å². The van der Waals surface area contributed by atoms with Crippen molar-refractivity contribution >= 4 is 27.6 Å². The number of nitro groups is 1. The van der Waals surface area contributed by atoms with E-state index in [1.807, 2.05) is 0 Å². The summed E-state index contributed by atoms with van der Waals surface area (Å²) in [6.45, 7) is 0.725. The fourth-order valence-electron chi connectivity index (χ4n) is 1.44. The average Bonchev–Trinajstić information content (AvgIpc) is 2.33. The molecule has 0 saturated carbocycles. The number of nitro benzene ring substituents is 1. The highest BCUT2D eigenvalue weighted by Gasteiger charge is 2.20. The van der Waals surface area contributed by atoms with E-state index < -0.39 is 21.1 Å². The van der Waals surface area contributed by atoms with Gasteiger partial charge < -0.3 is 4.74 Å². The number of carbonyl (C=O) groups is 1. The number of esters is 1. The quantitative estimate of drug-likeness (QED) is 0.452. The SMILES string of the molecule is CC(=O)OCCN(c1cccc([N+](=O)[O-])c1)S(N)(=O)=O. The van der Waals surface area contributed by atoms with Crippen molar-refractivity contribution in [3.8, 4) is 0 Å². The maximum Gasteiger partial charge on any atom is 0.302 e. The first kappa shape index (κ1) is 15.9. The third kappa shape index (κ3) is 4.48. The fraction of sp³-hybridized carbons (Fsp3) is 0.300. The van der Waals surface area contributed by atoms with Gasteiger partial charge in [-0.2, -0.15) is 8.42 Å². The summed E-state index contributed by atoms with van der Waals surface area (Å²) >= 11 is 0. The molecule has 0 bridgehead atoms. The number of non-ortho nitro benzene ring substituents is 1. The predicted octanol–water partition coefficient (Wildman–Crippen LogP) is 0.168. The summed E-state index contributed by atoms with van der Waals surface area (Å²) in [5.74, 6) is -0.571. The van der Waals surface area contributed by atoms with Crippen molar-refractivity contribution in [2.75, 3.05) is 17.5 Å². The molecule has 0 spiro atoms. The summed E-state index contributed by atoms with van der Waals surface area (Å²) in [7, 11) is -4.14. The Kier molecular flexibility index (Phi) is 5.00. The highest BCUT2D eigenvalue weighted by molar-refractivity contribution is 7.90. The maximum absolute atomic E-state index is 11.5. The molecule has 0 atom stereocenters. The normalized spacial score (nSPS) is 10.9. The topological polar surface area (TPSA) is 133 Å². The fourth-order valence-corrected chi connectivity index (χ4v) is 2.17. The zero-order chi connectivity index (χ0) is 15.3. The molecule has 20 heavy (non-hydrogen) atoms. The van der Waals surface area contributed by atoms with Gasteiger partial charge in [0.25, 0.3) is 15.9 Å². The van der Waals surface area contributed by atoms with E-state index in [0.29, 0.717) is 0 Å². The summed E-state index contributed by atoms with van der Waals surface area (Å²) in [4.78, 5) is 20.7. The molecule has 1 aromatic rings. The number of hydrogen-bond acceptors (Lipinski definition) is 6. The number of rotatable bonds is 6. The van der Waals surface area contributed by atoms with Gasteiger partial charge in [0.2, 0.25) is 0 Å². The molecule has 0 aliphatic heterocycles. The summed E-state index contributed by atoms with van der Waals surface area (Å²) in [5, 5.41) is 15.7. The van der Waals surface area contributed by atoms with Crippen molar-refractivity contribution < 1.29 is 22.9 Å².